The number of benzene rings is 1. The molecule has 1 aromatic carbocycles. The third-order valence-electron chi connectivity index (χ3n) is 2.55. The summed E-state index contributed by atoms with van der Waals surface area (Å²) in [5.41, 5.74) is 1.99. The van der Waals surface area contributed by atoms with E-state index >= 15 is 0 Å². The molecule has 0 aliphatic rings. The largest absolute Gasteiger partial charge is 0.325 e. The Morgan fingerprint density at radius 1 is 1.39 bits per heavy atom. The number of carbonyl (C=O) groups is 1. The van der Waals surface area contributed by atoms with Crippen molar-refractivity contribution in [3.8, 4) is 0 Å². The number of likely N-dealkylation sites (N-methyl/N-ethyl adjacent to an activating group) is 1. The Labute approximate surface area is 109 Å². The third-order valence-corrected chi connectivity index (χ3v) is 2.55. The highest BCUT2D eigenvalue weighted by atomic mass is 16.1. The minimum absolute atomic E-state index is 0.00814. The summed E-state index contributed by atoms with van der Waals surface area (Å²) in [5.74, 6) is -0.00814. The lowest BCUT2D eigenvalue weighted by molar-refractivity contribution is -0.115. The van der Waals surface area contributed by atoms with Crippen LogP contribution in [0.1, 0.15) is 12.5 Å². The molecule has 1 amide bonds. The van der Waals surface area contributed by atoms with Crippen LogP contribution in [0.15, 0.2) is 24.3 Å². The van der Waals surface area contributed by atoms with Crippen molar-refractivity contribution in [1.29, 1.82) is 0 Å². The van der Waals surface area contributed by atoms with Gasteiger partial charge in [-0.15, -0.1) is 0 Å². The SMILES string of the molecule is Cc1cccc(NC(=O)CNC(C)CN(C)C)c1. The van der Waals surface area contributed by atoms with Gasteiger partial charge in [0.25, 0.3) is 0 Å². The van der Waals surface area contributed by atoms with E-state index in [2.05, 4.69) is 22.5 Å². The van der Waals surface area contributed by atoms with Crippen LogP contribution in [-0.2, 0) is 4.79 Å². The van der Waals surface area contributed by atoms with Gasteiger partial charge in [-0.2, -0.15) is 0 Å². The Morgan fingerprint density at radius 2 is 2.11 bits per heavy atom. The summed E-state index contributed by atoms with van der Waals surface area (Å²) in [6.07, 6.45) is 0. The van der Waals surface area contributed by atoms with E-state index in [4.69, 9.17) is 0 Å². The molecule has 4 heteroatoms. The second-order valence-electron chi connectivity index (χ2n) is 4.96. The van der Waals surface area contributed by atoms with E-state index in [-0.39, 0.29) is 5.91 Å². The predicted octanol–water partition coefficient (Wildman–Crippen LogP) is 1.47. The molecule has 2 N–H and O–H groups in total. The van der Waals surface area contributed by atoms with Crippen molar-refractivity contribution in [2.24, 2.45) is 0 Å². The molecule has 0 bridgehead atoms. The van der Waals surface area contributed by atoms with Crippen LogP contribution < -0.4 is 10.6 Å². The molecular weight excluding hydrogens is 226 g/mol. The molecule has 100 valence electrons. The Balaban J connectivity index is 2.34. The van der Waals surface area contributed by atoms with Gasteiger partial charge in [0, 0.05) is 18.3 Å². The number of anilines is 1. The van der Waals surface area contributed by atoms with Gasteiger partial charge in [-0.25, -0.2) is 0 Å². The Hall–Kier alpha value is -1.39. The quantitative estimate of drug-likeness (QED) is 0.802. The summed E-state index contributed by atoms with van der Waals surface area (Å²) in [7, 11) is 4.04. The maximum atomic E-state index is 11.7. The monoisotopic (exact) mass is 249 g/mol. The smallest absolute Gasteiger partial charge is 0.238 e. The van der Waals surface area contributed by atoms with Crippen LogP contribution in [0.25, 0.3) is 0 Å². The van der Waals surface area contributed by atoms with Crippen molar-refractivity contribution < 1.29 is 4.79 Å². The fraction of sp³-hybridized carbons (Fsp3) is 0.500. The van der Waals surface area contributed by atoms with Crippen LogP contribution in [0.5, 0.6) is 0 Å². The van der Waals surface area contributed by atoms with E-state index in [0.717, 1.165) is 17.8 Å². The number of carbonyl (C=O) groups excluding carboxylic acids is 1. The number of hydrogen-bond donors (Lipinski definition) is 2. The summed E-state index contributed by atoms with van der Waals surface area (Å²) < 4.78 is 0. The number of nitrogens with zero attached hydrogens (tertiary/aromatic N) is 1. The number of nitrogens with one attached hydrogen (secondary N) is 2. The van der Waals surface area contributed by atoms with Crippen molar-refractivity contribution >= 4 is 11.6 Å². The predicted molar refractivity (Wildman–Crippen MR) is 75.8 cm³/mol. The first-order valence-electron chi connectivity index (χ1n) is 6.22. The highest BCUT2D eigenvalue weighted by Gasteiger charge is 2.06. The number of aryl methyl sites for hydroxylation is 1. The minimum Gasteiger partial charge on any atom is -0.325 e. The van der Waals surface area contributed by atoms with E-state index in [0.29, 0.717) is 12.6 Å². The summed E-state index contributed by atoms with van der Waals surface area (Å²) >= 11 is 0. The molecule has 0 spiro atoms. The molecule has 0 fully saturated rings. The van der Waals surface area contributed by atoms with Gasteiger partial charge >= 0.3 is 0 Å². The number of hydrogen-bond acceptors (Lipinski definition) is 3. The van der Waals surface area contributed by atoms with Gasteiger partial charge in [0.15, 0.2) is 0 Å². The lowest BCUT2D eigenvalue weighted by Crippen LogP contribution is -2.40. The average Bonchev–Trinajstić information content (AvgIpc) is 2.25. The zero-order chi connectivity index (χ0) is 13.5. The highest BCUT2D eigenvalue weighted by Crippen LogP contribution is 2.08. The van der Waals surface area contributed by atoms with Crippen LogP contribution in [0.4, 0.5) is 5.69 Å². The zero-order valence-corrected chi connectivity index (χ0v) is 11.7. The average molecular weight is 249 g/mol. The Morgan fingerprint density at radius 3 is 2.72 bits per heavy atom. The molecule has 0 saturated heterocycles. The second-order valence-corrected chi connectivity index (χ2v) is 4.96. The van der Waals surface area contributed by atoms with Gasteiger partial charge in [0.2, 0.25) is 5.91 Å². The normalized spacial score (nSPS) is 12.5. The van der Waals surface area contributed by atoms with E-state index in [1.807, 2.05) is 45.3 Å². The number of rotatable bonds is 6. The van der Waals surface area contributed by atoms with Crippen LogP contribution in [0.2, 0.25) is 0 Å². The molecule has 0 saturated carbocycles. The third kappa shape index (κ3) is 5.80. The zero-order valence-electron chi connectivity index (χ0n) is 11.7. The van der Waals surface area contributed by atoms with Crippen molar-refractivity contribution in [3.05, 3.63) is 29.8 Å². The molecule has 0 heterocycles. The molecule has 1 rings (SSSR count). The summed E-state index contributed by atoms with van der Waals surface area (Å²) in [4.78, 5) is 13.8. The Kier molecular flexibility index (Phi) is 5.82. The van der Waals surface area contributed by atoms with Crippen molar-refractivity contribution in [1.82, 2.24) is 10.2 Å². The van der Waals surface area contributed by atoms with Gasteiger partial charge in [-0.05, 0) is 45.6 Å². The van der Waals surface area contributed by atoms with Crippen LogP contribution >= 0.6 is 0 Å². The van der Waals surface area contributed by atoms with Crippen molar-refractivity contribution in [2.45, 2.75) is 19.9 Å². The number of amides is 1. The molecule has 1 atom stereocenters. The van der Waals surface area contributed by atoms with Crippen LogP contribution in [-0.4, -0.2) is 44.0 Å². The first kappa shape index (κ1) is 14.7. The fourth-order valence-electron chi connectivity index (χ4n) is 1.81. The maximum absolute atomic E-state index is 11.7. The fourth-order valence-corrected chi connectivity index (χ4v) is 1.81. The van der Waals surface area contributed by atoms with Gasteiger partial charge < -0.3 is 15.5 Å². The topological polar surface area (TPSA) is 44.4 Å². The van der Waals surface area contributed by atoms with Gasteiger partial charge in [0.1, 0.15) is 0 Å². The standard InChI is InChI=1S/C14H23N3O/c1-11-6-5-7-13(8-11)16-14(18)9-15-12(2)10-17(3)4/h5-8,12,15H,9-10H2,1-4H3,(H,16,18). The van der Waals surface area contributed by atoms with Crippen molar-refractivity contribution in [2.75, 3.05) is 32.5 Å². The molecule has 0 aliphatic heterocycles. The van der Waals surface area contributed by atoms with Gasteiger partial charge in [-0.1, -0.05) is 12.1 Å². The first-order valence-corrected chi connectivity index (χ1v) is 6.22. The van der Waals surface area contributed by atoms with E-state index in [1.54, 1.807) is 0 Å². The van der Waals surface area contributed by atoms with Gasteiger partial charge in [0.05, 0.1) is 6.54 Å². The summed E-state index contributed by atoms with van der Waals surface area (Å²) in [5, 5.41) is 6.07. The molecule has 0 aliphatic carbocycles. The van der Waals surface area contributed by atoms with Crippen LogP contribution in [0, 0.1) is 6.92 Å². The summed E-state index contributed by atoms with van der Waals surface area (Å²) in [6, 6.07) is 8.10. The molecule has 4 nitrogen and oxygen atoms in total. The van der Waals surface area contributed by atoms with E-state index in [9.17, 15) is 4.79 Å². The lowest BCUT2D eigenvalue weighted by atomic mass is 10.2. The van der Waals surface area contributed by atoms with E-state index in [1.165, 1.54) is 0 Å². The van der Waals surface area contributed by atoms with E-state index < -0.39 is 0 Å². The lowest BCUT2D eigenvalue weighted by Gasteiger charge is -2.18. The van der Waals surface area contributed by atoms with Crippen LogP contribution in [0.3, 0.4) is 0 Å². The summed E-state index contributed by atoms with van der Waals surface area (Å²) in [6.45, 7) is 5.33. The molecule has 18 heavy (non-hydrogen) atoms. The highest BCUT2D eigenvalue weighted by molar-refractivity contribution is 5.92. The molecule has 0 radical (unpaired) electrons. The Bertz CT molecular complexity index is 390. The van der Waals surface area contributed by atoms with Crippen molar-refractivity contribution in [3.63, 3.8) is 0 Å². The second kappa shape index (κ2) is 7.13. The molecule has 1 aromatic rings. The minimum atomic E-state index is -0.00814. The maximum Gasteiger partial charge on any atom is 0.238 e. The first-order chi connectivity index (χ1) is 8.47. The molecular formula is C14H23N3O. The molecule has 0 aromatic heterocycles. The van der Waals surface area contributed by atoms with Gasteiger partial charge in [-0.3, -0.25) is 4.79 Å². The molecule has 1 unspecified atom stereocenters.